The van der Waals surface area contributed by atoms with Crippen LogP contribution in [0, 0.1) is 12.3 Å². The minimum Gasteiger partial charge on any atom is -0.396 e. The maximum atomic E-state index is 12.9. The molecule has 2 N–H and O–H groups in total. The highest BCUT2D eigenvalue weighted by Crippen LogP contribution is 2.34. The van der Waals surface area contributed by atoms with E-state index in [0.717, 1.165) is 39.0 Å². The fourth-order valence-electron chi connectivity index (χ4n) is 4.62. The van der Waals surface area contributed by atoms with Gasteiger partial charge in [-0.1, -0.05) is 25.5 Å². The van der Waals surface area contributed by atoms with Crippen LogP contribution >= 0.6 is 0 Å². The van der Waals surface area contributed by atoms with Gasteiger partial charge < -0.3 is 20.0 Å². The highest BCUT2D eigenvalue weighted by molar-refractivity contribution is 5.78. The number of likely N-dealkylation sites (tertiary alicyclic amines) is 1. The Bertz CT molecular complexity index is 660. The third-order valence-electron chi connectivity index (χ3n) is 6.40. The summed E-state index contributed by atoms with van der Waals surface area (Å²) in [6.45, 7) is 9.14. The van der Waals surface area contributed by atoms with E-state index in [1.54, 1.807) is 0 Å². The molecule has 1 aromatic carbocycles. The molecule has 0 unspecified atom stereocenters. The maximum Gasteiger partial charge on any atom is 0.236 e. The van der Waals surface area contributed by atoms with Crippen LogP contribution < -0.4 is 4.90 Å². The van der Waals surface area contributed by atoms with E-state index in [2.05, 4.69) is 47.9 Å². The lowest BCUT2D eigenvalue weighted by atomic mass is 9.74. The van der Waals surface area contributed by atoms with Gasteiger partial charge in [0.15, 0.2) is 0 Å². The van der Waals surface area contributed by atoms with Crippen molar-refractivity contribution in [2.24, 2.45) is 5.41 Å². The Morgan fingerprint density at radius 3 is 2.61 bits per heavy atom. The second-order valence-electron chi connectivity index (χ2n) is 8.49. The summed E-state index contributed by atoms with van der Waals surface area (Å²) < 4.78 is 0. The van der Waals surface area contributed by atoms with E-state index in [1.165, 1.54) is 11.3 Å². The first kappa shape index (κ1) is 21.1. The number of anilines is 1. The molecule has 1 aromatic rings. The third kappa shape index (κ3) is 4.67. The Morgan fingerprint density at radius 2 is 1.96 bits per heavy atom. The molecule has 3 rings (SSSR count). The monoisotopic (exact) mass is 389 g/mol. The van der Waals surface area contributed by atoms with Crippen molar-refractivity contribution in [2.45, 2.75) is 39.2 Å². The van der Waals surface area contributed by atoms with Crippen molar-refractivity contribution < 1.29 is 15.0 Å². The van der Waals surface area contributed by atoms with Gasteiger partial charge in [-0.3, -0.25) is 9.69 Å². The normalized spacial score (nSPS) is 26.5. The van der Waals surface area contributed by atoms with Gasteiger partial charge in [0.1, 0.15) is 0 Å². The Hall–Kier alpha value is -1.63. The molecule has 1 amide bonds. The predicted octanol–water partition coefficient (Wildman–Crippen LogP) is 1.49. The molecule has 0 radical (unpaired) electrons. The molecule has 156 valence electrons. The number of carbonyl (C=O) groups is 1. The molecule has 6 heteroatoms. The summed E-state index contributed by atoms with van der Waals surface area (Å²) in [6.07, 6.45) is 1.65. The van der Waals surface area contributed by atoms with Crippen molar-refractivity contribution in [1.29, 1.82) is 0 Å². The lowest BCUT2D eigenvalue weighted by Crippen LogP contribution is -2.57. The molecule has 0 spiro atoms. The number of benzene rings is 1. The second kappa shape index (κ2) is 9.25. The quantitative estimate of drug-likeness (QED) is 0.772. The first-order valence-electron chi connectivity index (χ1n) is 10.6. The number of carbonyl (C=O) groups excluding carboxylic acids is 1. The van der Waals surface area contributed by atoms with Crippen molar-refractivity contribution >= 4 is 11.6 Å². The number of nitrogens with zero attached hydrogens (tertiary/aromatic N) is 3. The Kier molecular flexibility index (Phi) is 6.96. The van der Waals surface area contributed by atoms with Crippen LogP contribution in [0.15, 0.2) is 24.3 Å². The smallest absolute Gasteiger partial charge is 0.236 e. The van der Waals surface area contributed by atoms with Crippen molar-refractivity contribution in [3.05, 3.63) is 29.8 Å². The minimum atomic E-state index is -0.563. The van der Waals surface area contributed by atoms with E-state index in [1.807, 2.05) is 4.90 Å². The molecular formula is C22H35N3O3. The number of aliphatic hydroxyl groups excluding tert-OH is 2. The molecule has 0 aliphatic carbocycles. The van der Waals surface area contributed by atoms with Crippen LogP contribution in [0.2, 0.25) is 0 Å². The zero-order valence-electron chi connectivity index (χ0n) is 17.3. The van der Waals surface area contributed by atoms with Crippen LogP contribution in [0.5, 0.6) is 0 Å². The first-order valence-corrected chi connectivity index (χ1v) is 10.6. The van der Waals surface area contributed by atoms with Gasteiger partial charge in [-0.25, -0.2) is 0 Å². The van der Waals surface area contributed by atoms with Crippen LogP contribution in [0.25, 0.3) is 0 Å². The summed E-state index contributed by atoms with van der Waals surface area (Å²) in [4.78, 5) is 19.3. The topological polar surface area (TPSA) is 67.2 Å². The lowest BCUT2D eigenvalue weighted by molar-refractivity contribution is -0.143. The number of hydrogen-bond donors (Lipinski definition) is 2. The van der Waals surface area contributed by atoms with Gasteiger partial charge in [-0.15, -0.1) is 0 Å². The molecule has 2 aliphatic rings. The zero-order valence-corrected chi connectivity index (χ0v) is 17.3. The van der Waals surface area contributed by atoms with Crippen LogP contribution in [0.4, 0.5) is 5.69 Å². The number of piperazine rings is 1. The maximum absolute atomic E-state index is 12.9. The van der Waals surface area contributed by atoms with Crippen molar-refractivity contribution in [3.8, 4) is 0 Å². The van der Waals surface area contributed by atoms with Crippen molar-refractivity contribution in [2.75, 3.05) is 57.3 Å². The Balaban J connectivity index is 1.53. The number of aliphatic hydroxyl groups is 2. The highest BCUT2D eigenvalue weighted by Gasteiger charge is 2.43. The average Bonchev–Trinajstić information content (AvgIpc) is 2.70. The van der Waals surface area contributed by atoms with Crippen molar-refractivity contribution in [3.63, 3.8) is 0 Å². The standard InChI is InChI=1S/C22H35N3O3/c1-3-8-22(17-26)16-25(9-7-20(22)27)21(28)15-23-10-12-24(13-11-23)19-6-4-5-18(2)14-19/h4-6,14,20,26-27H,3,7-13,15-17H2,1-2H3/t20-,22-/m0/s1. The fraction of sp³-hybridized carbons (Fsp3) is 0.682. The summed E-state index contributed by atoms with van der Waals surface area (Å²) in [6, 6.07) is 8.56. The van der Waals surface area contributed by atoms with Gasteiger partial charge in [0.2, 0.25) is 5.91 Å². The number of rotatable bonds is 6. The van der Waals surface area contributed by atoms with E-state index >= 15 is 0 Å². The summed E-state index contributed by atoms with van der Waals surface area (Å²) in [7, 11) is 0. The molecule has 2 atom stereocenters. The first-order chi connectivity index (χ1) is 13.5. The Labute approximate surface area is 168 Å². The second-order valence-corrected chi connectivity index (χ2v) is 8.49. The van der Waals surface area contributed by atoms with Gasteiger partial charge in [0.25, 0.3) is 0 Å². The molecule has 0 saturated carbocycles. The van der Waals surface area contributed by atoms with Gasteiger partial charge in [0.05, 0.1) is 19.3 Å². The van der Waals surface area contributed by atoms with Gasteiger partial charge in [-0.2, -0.15) is 0 Å². The van der Waals surface area contributed by atoms with Gasteiger partial charge in [0, 0.05) is 50.4 Å². The molecule has 0 aromatic heterocycles. The van der Waals surface area contributed by atoms with Crippen LogP contribution in [-0.4, -0.2) is 84.4 Å². The number of amides is 1. The molecule has 2 fully saturated rings. The van der Waals surface area contributed by atoms with E-state index in [4.69, 9.17) is 0 Å². The lowest BCUT2D eigenvalue weighted by Gasteiger charge is -2.46. The average molecular weight is 390 g/mol. The van der Waals surface area contributed by atoms with Crippen LogP contribution in [0.3, 0.4) is 0 Å². The molecular weight excluding hydrogens is 354 g/mol. The minimum absolute atomic E-state index is 0.0685. The summed E-state index contributed by atoms with van der Waals surface area (Å²) in [5.41, 5.74) is 1.96. The molecule has 28 heavy (non-hydrogen) atoms. The van der Waals surface area contributed by atoms with Crippen molar-refractivity contribution in [1.82, 2.24) is 9.80 Å². The van der Waals surface area contributed by atoms with E-state index < -0.39 is 11.5 Å². The highest BCUT2D eigenvalue weighted by atomic mass is 16.3. The van der Waals surface area contributed by atoms with E-state index in [-0.39, 0.29) is 12.5 Å². The molecule has 0 bridgehead atoms. The molecule has 2 heterocycles. The van der Waals surface area contributed by atoms with Crippen LogP contribution in [-0.2, 0) is 4.79 Å². The summed E-state index contributed by atoms with van der Waals surface area (Å²) >= 11 is 0. The number of piperidine rings is 1. The Morgan fingerprint density at radius 1 is 1.21 bits per heavy atom. The van der Waals surface area contributed by atoms with E-state index in [0.29, 0.717) is 26.1 Å². The largest absolute Gasteiger partial charge is 0.396 e. The third-order valence-corrected chi connectivity index (χ3v) is 6.40. The van der Waals surface area contributed by atoms with Gasteiger partial charge >= 0.3 is 0 Å². The SMILES string of the molecule is CCC[C@@]1(CO)CN(C(=O)CN2CCN(c3cccc(C)c3)CC2)CC[C@@H]1O. The molecule has 2 saturated heterocycles. The van der Waals surface area contributed by atoms with Crippen LogP contribution in [0.1, 0.15) is 31.7 Å². The predicted molar refractivity (Wildman–Crippen MR) is 111 cm³/mol. The fourth-order valence-corrected chi connectivity index (χ4v) is 4.62. The summed E-state index contributed by atoms with van der Waals surface area (Å²) in [5, 5.41) is 20.3. The molecule has 6 nitrogen and oxygen atoms in total. The molecule has 2 aliphatic heterocycles. The summed E-state index contributed by atoms with van der Waals surface area (Å²) in [5.74, 6) is 0.116. The van der Waals surface area contributed by atoms with E-state index in [9.17, 15) is 15.0 Å². The number of hydrogen-bond acceptors (Lipinski definition) is 5. The number of aryl methyl sites for hydroxylation is 1. The van der Waals surface area contributed by atoms with Gasteiger partial charge in [-0.05, 0) is 37.5 Å². The zero-order chi connectivity index (χ0) is 20.1.